The fourth-order valence-corrected chi connectivity index (χ4v) is 2.80. The Morgan fingerprint density at radius 1 is 1.12 bits per heavy atom. The number of halogens is 1. The summed E-state index contributed by atoms with van der Waals surface area (Å²) in [5.74, 6) is -1.58. The minimum atomic E-state index is -0.452. The first-order valence-corrected chi connectivity index (χ1v) is 7.98. The molecule has 6 heteroatoms. The molecule has 0 saturated heterocycles. The molecule has 0 aromatic heterocycles. The van der Waals surface area contributed by atoms with E-state index in [9.17, 15) is 18.8 Å². The van der Waals surface area contributed by atoms with Crippen molar-refractivity contribution < 1.29 is 18.8 Å². The third-order valence-corrected chi connectivity index (χ3v) is 4.06. The summed E-state index contributed by atoms with van der Waals surface area (Å²) in [5.41, 5.74) is 1.90. The van der Waals surface area contributed by atoms with Gasteiger partial charge in [0.25, 0.3) is 5.91 Å². The summed E-state index contributed by atoms with van der Waals surface area (Å²) in [5, 5.41) is 2.66. The van der Waals surface area contributed by atoms with Crippen LogP contribution in [0.4, 0.5) is 4.39 Å². The smallest absolute Gasteiger partial charge is 0.261 e. The fourth-order valence-electron chi connectivity index (χ4n) is 2.80. The largest absolute Gasteiger partial charge is 0.354 e. The summed E-state index contributed by atoms with van der Waals surface area (Å²) in [7, 11) is 0. The maximum absolute atomic E-state index is 13.1. The van der Waals surface area contributed by atoms with Gasteiger partial charge in [-0.15, -0.1) is 0 Å². The van der Waals surface area contributed by atoms with Crippen LogP contribution >= 0.6 is 0 Å². The Morgan fingerprint density at radius 3 is 2.72 bits per heavy atom. The van der Waals surface area contributed by atoms with Crippen LogP contribution in [-0.2, 0) is 22.4 Å². The Balaban J connectivity index is 1.56. The van der Waals surface area contributed by atoms with Crippen LogP contribution < -0.4 is 5.32 Å². The van der Waals surface area contributed by atoms with Crippen LogP contribution in [0.15, 0.2) is 48.5 Å². The SMILES string of the molecule is O=C(CN1C(=O)Cc2ccccc2C1=O)NCCc1cccc(F)c1. The Labute approximate surface area is 144 Å². The molecule has 0 unspecified atom stereocenters. The maximum Gasteiger partial charge on any atom is 0.261 e. The predicted molar refractivity (Wildman–Crippen MR) is 89.3 cm³/mol. The van der Waals surface area contributed by atoms with Crippen molar-refractivity contribution >= 4 is 17.7 Å². The summed E-state index contributed by atoms with van der Waals surface area (Å²) < 4.78 is 13.1. The first-order chi connectivity index (χ1) is 12.0. The predicted octanol–water partition coefficient (Wildman–Crippen LogP) is 1.71. The molecule has 128 valence electrons. The van der Waals surface area contributed by atoms with E-state index in [1.807, 2.05) is 0 Å². The van der Waals surface area contributed by atoms with E-state index in [-0.39, 0.29) is 24.7 Å². The normalized spacial score (nSPS) is 13.6. The van der Waals surface area contributed by atoms with Gasteiger partial charge in [-0.05, 0) is 35.7 Å². The van der Waals surface area contributed by atoms with Gasteiger partial charge in [-0.2, -0.15) is 0 Å². The average Bonchev–Trinajstić information content (AvgIpc) is 2.59. The van der Waals surface area contributed by atoms with Crippen LogP contribution in [-0.4, -0.2) is 35.7 Å². The number of rotatable bonds is 5. The molecule has 3 rings (SSSR count). The molecule has 0 atom stereocenters. The van der Waals surface area contributed by atoms with Gasteiger partial charge in [0.1, 0.15) is 12.4 Å². The van der Waals surface area contributed by atoms with E-state index >= 15 is 0 Å². The van der Waals surface area contributed by atoms with E-state index in [0.717, 1.165) is 10.5 Å². The summed E-state index contributed by atoms with van der Waals surface area (Å²) >= 11 is 0. The van der Waals surface area contributed by atoms with Crippen molar-refractivity contribution in [2.75, 3.05) is 13.1 Å². The highest BCUT2D eigenvalue weighted by Gasteiger charge is 2.31. The highest BCUT2D eigenvalue weighted by Crippen LogP contribution is 2.19. The number of carbonyl (C=O) groups excluding carboxylic acids is 3. The third-order valence-electron chi connectivity index (χ3n) is 4.06. The topological polar surface area (TPSA) is 66.5 Å². The maximum atomic E-state index is 13.1. The lowest BCUT2D eigenvalue weighted by Gasteiger charge is -2.26. The van der Waals surface area contributed by atoms with Gasteiger partial charge < -0.3 is 5.32 Å². The Morgan fingerprint density at radius 2 is 1.92 bits per heavy atom. The van der Waals surface area contributed by atoms with Crippen molar-refractivity contribution in [2.45, 2.75) is 12.8 Å². The van der Waals surface area contributed by atoms with E-state index in [2.05, 4.69) is 5.32 Å². The highest BCUT2D eigenvalue weighted by molar-refractivity contribution is 6.11. The van der Waals surface area contributed by atoms with Gasteiger partial charge in [-0.1, -0.05) is 30.3 Å². The molecule has 0 bridgehead atoms. The molecule has 0 spiro atoms. The zero-order chi connectivity index (χ0) is 17.8. The lowest BCUT2D eigenvalue weighted by molar-refractivity contribution is -0.133. The number of imide groups is 1. The molecule has 0 aliphatic carbocycles. The van der Waals surface area contributed by atoms with Crippen molar-refractivity contribution in [2.24, 2.45) is 0 Å². The van der Waals surface area contributed by atoms with Gasteiger partial charge in [0.2, 0.25) is 11.8 Å². The Kier molecular flexibility index (Phi) is 4.88. The molecule has 0 fully saturated rings. The van der Waals surface area contributed by atoms with Gasteiger partial charge in [0.05, 0.1) is 6.42 Å². The van der Waals surface area contributed by atoms with Crippen LogP contribution in [0.5, 0.6) is 0 Å². The van der Waals surface area contributed by atoms with E-state index < -0.39 is 11.8 Å². The van der Waals surface area contributed by atoms with Crippen LogP contribution in [0.3, 0.4) is 0 Å². The van der Waals surface area contributed by atoms with Crippen molar-refractivity contribution in [3.8, 4) is 0 Å². The average molecular weight is 340 g/mol. The zero-order valence-electron chi connectivity index (χ0n) is 13.5. The Hall–Kier alpha value is -3.02. The molecular weight excluding hydrogens is 323 g/mol. The molecule has 1 heterocycles. The third kappa shape index (κ3) is 3.91. The van der Waals surface area contributed by atoms with Crippen LogP contribution in [0.1, 0.15) is 21.5 Å². The van der Waals surface area contributed by atoms with Gasteiger partial charge in [0, 0.05) is 12.1 Å². The number of amides is 3. The number of benzene rings is 2. The summed E-state index contributed by atoms with van der Waals surface area (Å²) in [6, 6.07) is 13.0. The molecule has 25 heavy (non-hydrogen) atoms. The second-order valence-corrected chi connectivity index (χ2v) is 5.85. The minimum Gasteiger partial charge on any atom is -0.354 e. The van der Waals surface area contributed by atoms with Crippen LogP contribution in [0, 0.1) is 5.82 Å². The van der Waals surface area contributed by atoms with E-state index in [0.29, 0.717) is 24.1 Å². The number of fused-ring (bicyclic) bond motifs is 1. The number of hydrogen-bond acceptors (Lipinski definition) is 3. The van der Waals surface area contributed by atoms with Crippen molar-refractivity contribution in [3.63, 3.8) is 0 Å². The first kappa shape index (κ1) is 16.8. The second-order valence-electron chi connectivity index (χ2n) is 5.85. The quantitative estimate of drug-likeness (QED) is 0.843. The van der Waals surface area contributed by atoms with Gasteiger partial charge >= 0.3 is 0 Å². The molecule has 1 aliphatic heterocycles. The first-order valence-electron chi connectivity index (χ1n) is 7.98. The van der Waals surface area contributed by atoms with Crippen molar-refractivity contribution in [3.05, 3.63) is 71.0 Å². The zero-order valence-corrected chi connectivity index (χ0v) is 13.5. The number of hydrogen-bond donors (Lipinski definition) is 1. The lowest BCUT2D eigenvalue weighted by Crippen LogP contribution is -2.47. The van der Waals surface area contributed by atoms with Crippen molar-refractivity contribution in [1.82, 2.24) is 10.2 Å². The molecule has 5 nitrogen and oxygen atoms in total. The summed E-state index contributed by atoms with van der Waals surface area (Å²) in [4.78, 5) is 37.5. The monoisotopic (exact) mass is 340 g/mol. The van der Waals surface area contributed by atoms with Crippen LogP contribution in [0.2, 0.25) is 0 Å². The molecule has 0 saturated carbocycles. The molecule has 0 radical (unpaired) electrons. The van der Waals surface area contributed by atoms with Gasteiger partial charge in [-0.3, -0.25) is 19.3 Å². The van der Waals surface area contributed by atoms with Gasteiger partial charge in [0.15, 0.2) is 0 Å². The molecule has 3 amide bonds. The number of nitrogens with zero attached hydrogens (tertiary/aromatic N) is 1. The summed E-state index contributed by atoms with van der Waals surface area (Å²) in [6.45, 7) is -0.00968. The van der Waals surface area contributed by atoms with Crippen LogP contribution in [0.25, 0.3) is 0 Å². The standard InChI is InChI=1S/C19H17FN2O3/c20-15-6-3-4-13(10-15)8-9-21-17(23)12-22-18(24)11-14-5-1-2-7-16(14)19(22)25/h1-7,10H,8-9,11-12H2,(H,21,23). The molecule has 1 aliphatic rings. The minimum absolute atomic E-state index is 0.110. The molecule has 1 N–H and O–H groups in total. The second kappa shape index (κ2) is 7.25. The molecule has 2 aromatic rings. The van der Waals surface area contributed by atoms with E-state index in [4.69, 9.17) is 0 Å². The Bertz CT molecular complexity index is 835. The fraction of sp³-hybridized carbons (Fsp3) is 0.211. The van der Waals surface area contributed by atoms with E-state index in [1.165, 1.54) is 12.1 Å². The van der Waals surface area contributed by atoms with Gasteiger partial charge in [-0.25, -0.2) is 4.39 Å². The van der Waals surface area contributed by atoms with E-state index in [1.54, 1.807) is 36.4 Å². The summed E-state index contributed by atoms with van der Waals surface area (Å²) in [6.07, 6.45) is 0.576. The molecular formula is C19H17FN2O3. The van der Waals surface area contributed by atoms with Crippen molar-refractivity contribution in [1.29, 1.82) is 0 Å². The molecule has 2 aromatic carbocycles. The highest BCUT2D eigenvalue weighted by atomic mass is 19.1. The lowest BCUT2D eigenvalue weighted by atomic mass is 9.98. The number of carbonyl (C=O) groups is 3. The number of nitrogens with one attached hydrogen (secondary N) is 1.